The molecule has 17 heavy (non-hydrogen) atoms. The van der Waals surface area contributed by atoms with Crippen LogP contribution in [0.5, 0.6) is 0 Å². The SMILES string of the molecule is CNC(Cc1ccoc1)Cc1cccc(F)c1. The van der Waals surface area contributed by atoms with Crippen molar-refractivity contribution in [3.63, 3.8) is 0 Å². The highest BCUT2D eigenvalue weighted by Crippen LogP contribution is 2.10. The van der Waals surface area contributed by atoms with Crippen LogP contribution in [-0.4, -0.2) is 13.1 Å². The average Bonchev–Trinajstić information content (AvgIpc) is 2.81. The number of rotatable bonds is 5. The summed E-state index contributed by atoms with van der Waals surface area (Å²) in [5.41, 5.74) is 2.16. The van der Waals surface area contributed by atoms with Gasteiger partial charge in [-0.15, -0.1) is 0 Å². The van der Waals surface area contributed by atoms with Crippen LogP contribution < -0.4 is 5.32 Å². The Labute approximate surface area is 100 Å². The standard InChI is InChI=1S/C14H16FNO/c1-16-14(9-12-5-6-17-10-12)8-11-3-2-4-13(15)7-11/h2-7,10,14,16H,8-9H2,1H3. The van der Waals surface area contributed by atoms with Gasteiger partial charge in [0, 0.05) is 6.04 Å². The van der Waals surface area contributed by atoms with Gasteiger partial charge in [-0.2, -0.15) is 0 Å². The molecule has 1 unspecified atom stereocenters. The van der Waals surface area contributed by atoms with Gasteiger partial charge in [-0.25, -0.2) is 4.39 Å². The Morgan fingerprint density at radius 1 is 1.24 bits per heavy atom. The van der Waals surface area contributed by atoms with E-state index in [4.69, 9.17) is 4.42 Å². The van der Waals surface area contributed by atoms with Gasteiger partial charge in [-0.1, -0.05) is 12.1 Å². The van der Waals surface area contributed by atoms with Gasteiger partial charge in [0.05, 0.1) is 12.5 Å². The van der Waals surface area contributed by atoms with Crippen molar-refractivity contribution in [3.05, 3.63) is 59.8 Å². The van der Waals surface area contributed by atoms with Crippen LogP contribution in [0.3, 0.4) is 0 Å². The summed E-state index contributed by atoms with van der Waals surface area (Å²) in [6.45, 7) is 0. The average molecular weight is 233 g/mol. The van der Waals surface area contributed by atoms with Crippen molar-refractivity contribution in [2.24, 2.45) is 0 Å². The Kier molecular flexibility index (Phi) is 3.94. The minimum Gasteiger partial charge on any atom is -0.472 e. The Morgan fingerprint density at radius 3 is 2.71 bits per heavy atom. The van der Waals surface area contributed by atoms with E-state index < -0.39 is 0 Å². The van der Waals surface area contributed by atoms with Crippen molar-refractivity contribution in [1.82, 2.24) is 5.32 Å². The molecule has 0 fully saturated rings. The minimum absolute atomic E-state index is 0.180. The summed E-state index contributed by atoms with van der Waals surface area (Å²) in [6, 6.07) is 8.98. The summed E-state index contributed by atoms with van der Waals surface area (Å²) >= 11 is 0. The molecular weight excluding hydrogens is 217 g/mol. The predicted molar refractivity (Wildman–Crippen MR) is 65.4 cm³/mol. The molecule has 1 heterocycles. The van der Waals surface area contributed by atoms with Gasteiger partial charge < -0.3 is 9.73 Å². The first kappa shape index (κ1) is 11.9. The van der Waals surface area contributed by atoms with Crippen molar-refractivity contribution in [2.75, 3.05) is 7.05 Å². The fourth-order valence-corrected chi connectivity index (χ4v) is 1.92. The molecule has 0 saturated heterocycles. The lowest BCUT2D eigenvalue weighted by Crippen LogP contribution is -2.29. The van der Waals surface area contributed by atoms with Gasteiger partial charge in [0.2, 0.25) is 0 Å². The van der Waals surface area contributed by atoms with E-state index in [0.29, 0.717) is 0 Å². The molecule has 1 N–H and O–H groups in total. The summed E-state index contributed by atoms with van der Waals surface area (Å²) < 4.78 is 18.1. The second-order valence-corrected chi connectivity index (χ2v) is 4.16. The molecule has 0 aliphatic carbocycles. The Balaban J connectivity index is 2.00. The summed E-state index contributed by atoms with van der Waals surface area (Å²) in [6.07, 6.45) is 5.10. The van der Waals surface area contributed by atoms with E-state index >= 15 is 0 Å². The molecule has 1 aromatic heterocycles. The largest absolute Gasteiger partial charge is 0.472 e. The van der Waals surface area contributed by atoms with E-state index in [2.05, 4.69) is 5.32 Å². The van der Waals surface area contributed by atoms with Crippen LogP contribution in [0.25, 0.3) is 0 Å². The first-order valence-corrected chi connectivity index (χ1v) is 5.70. The second kappa shape index (κ2) is 5.64. The van der Waals surface area contributed by atoms with Gasteiger partial charge in [-0.3, -0.25) is 0 Å². The summed E-state index contributed by atoms with van der Waals surface area (Å²) in [4.78, 5) is 0. The molecule has 2 rings (SSSR count). The highest BCUT2D eigenvalue weighted by molar-refractivity contribution is 5.18. The molecule has 0 bridgehead atoms. The van der Waals surface area contributed by atoms with Crippen LogP contribution in [0.2, 0.25) is 0 Å². The van der Waals surface area contributed by atoms with Crippen LogP contribution >= 0.6 is 0 Å². The first-order chi connectivity index (χ1) is 8.28. The first-order valence-electron chi connectivity index (χ1n) is 5.70. The van der Waals surface area contributed by atoms with Crippen molar-refractivity contribution in [2.45, 2.75) is 18.9 Å². The third kappa shape index (κ3) is 3.43. The van der Waals surface area contributed by atoms with E-state index in [9.17, 15) is 4.39 Å². The number of halogens is 1. The third-order valence-corrected chi connectivity index (χ3v) is 2.84. The predicted octanol–water partition coefficient (Wildman–Crippen LogP) is 2.79. The molecule has 3 heteroatoms. The van der Waals surface area contributed by atoms with Gasteiger partial charge in [-0.05, 0) is 49.2 Å². The molecule has 1 aromatic carbocycles. The molecule has 0 radical (unpaired) electrons. The zero-order valence-electron chi connectivity index (χ0n) is 9.82. The van der Waals surface area contributed by atoms with E-state index in [1.165, 1.54) is 6.07 Å². The Bertz CT molecular complexity index is 453. The molecule has 0 aliphatic rings. The van der Waals surface area contributed by atoms with Crippen molar-refractivity contribution >= 4 is 0 Å². The molecule has 0 saturated carbocycles. The summed E-state index contributed by atoms with van der Waals surface area (Å²) in [5.74, 6) is -0.180. The number of benzene rings is 1. The van der Waals surface area contributed by atoms with Crippen molar-refractivity contribution in [1.29, 1.82) is 0 Å². The van der Waals surface area contributed by atoms with Gasteiger partial charge in [0.15, 0.2) is 0 Å². The topological polar surface area (TPSA) is 25.2 Å². The normalized spacial score (nSPS) is 12.6. The minimum atomic E-state index is -0.180. The number of nitrogens with one attached hydrogen (secondary N) is 1. The highest BCUT2D eigenvalue weighted by Gasteiger charge is 2.09. The summed E-state index contributed by atoms with van der Waals surface area (Å²) in [5, 5.41) is 3.24. The van der Waals surface area contributed by atoms with Crippen LogP contribution in [0, 0.1) is 5.82 Å². The number of likely N-dealkylation sites (N-methyl/N-ethyl adjacent to an activating group) is 1. The lowest BCUT2D eigenvalue weighted by Gasteiger charge is -2.15. The summed E-state index contributed by atoms with van der Waals surface area (Å²) in [7, 11) is 1.92. The number of hydrogen-bond acceptors (Lipinski definition) is 2. The smallest absolute Gasteiger partial charge is 0.123 e. The van der Waals surface area contributed by atoms with E-state index in [1.807, 2.05) is 19.2 Å². The third-order valence-electron chi connectivity index (χ3n) is 2.84. The Morgan fingerprint density at radius 2 is 2.06 bits per heavy atom. The second-order valence-electron chi connectivity index (χ2n) is 4.16. The van der Waals surface area contributed by atoms with Crippen LogP contribution in [-0.2, 0) is 12.8 Å². The van der Waals surface area contributed by atoms with E-state index in [1.54, 1.807) is 24.7 Å². The van der Waals surface area contributed by atoms with Gasteiger partial charge in [0.25, 0.3) is 0 Å². The van der Waals surface area contributed by atoms with Crippen LogP contribution in [0.1, 0.15) is 11.1 Å². The molecule has 2 aromatic rings. The van der Waals surface area contributed by atoms with E-state index in [-0.39, 0.29) is 11.9 Å². The molecular formula is C14H16FNO. The lowest BCUT2D eigenvalue weighted by atomic mass is 10.0. The molecule has 1 atom stereocenters. The van der Waals surface area contributed by atoms with Crippen LogP contribution in [0.4, 0.5) is 4.39 Å². The maximum absolute atomic E-state index is 13.1. The number of furan rings is 1. The zero-order chi connectivity index (χ0) is 12.1. The van der Waals surface area contributed by atoms with Crippen molar-refractivity contribution in [3.8, 4) is 0 Å². The number of hydrogen-bond donors (Lipinski definition) is 1. The highest BCUT2D eigenvalue weighted by atomic mass is 19.1. The quantitative estimate of drug-likeness (QED) is 0.859. The monoisotopic (exact) mass is 233 g/mol. The van der Waals surface area contributed by atoms with Gasteiger partial charge >= 0.3 is 0 Å². The molecule has 2 nitrogen and oxygen atoms in total. The fourth-order valence-electron chi connectivity index (χ4n) is 1.92. The molecule has 90 valence electrons. The van der Waals surface area contributed by atoms with Crippen LogP contribution in [0.15, 0.2) is 47.3 Å². The maximum atomic E-state index is 13.1. The molecule has 0 spiro atoms. The fraction of sp³-hybridized carbons (Fsp3) is 0.286. The van der Waals surface area contributed by atoms with E-state index in [0.717, 1.165) is 24.0 Å². The molecule has 0 amide bonds. The zero-order valence-corrected chi connectivity index (χ0v) is 9.82. The van der Waals surface area contributed by atoms with Gasteiger partial charge in [0.1, 0.15) is 5.82 Å². The van der Waals surface area contributed by atoms with Crippen molar-refractivity contribution < 1.29 is 8.81 Å². The molecule has 0 aliphatic heterocycles. The lowest BCUT2D eigenvalue weighted by molar-refractivity contribution is 0.536. The maximum Gasteiger partial charge on any atom is 0.123 e. The Hall–Kier alpha value is -1.61.